The third-order valence-electron chi connectivity index (χ3n) is 4.59. The molecular formula is C15H28S2Si. The highest BCUT2D eigenvalue weighted by Gasteiger charge is 2.38. The summed E-state index contributed by atoms with van der Waals surface area (Å²) in [6.07, 6.45) is 12.8. The van der Waals surface area contributed by atoms with Crippen molar-refractivity contribution in [2.75, 3.05) is 5.75 Å². The second kappa shape index (κ2) is 6.89. The van der Waals surface area contributed by atoms with E-state index in [-0.39, 0.29) is 0 Å². The average Bonchev–Trinajstić information content (AvgIpc) is 2.40. The Morgan fingerprint density at radius 2 is 1.94 bits per heavy atom. The smallest absolute Gasteiger partial charge is 0.0915 e. The lowest BCUT2D eigenvalue weighted by Crippen LogP contribution is -2.37. The zero-order chi connectivity index (χ0) is 13.0. The monoisotopic (exact) mass is 300 g/mol. The fourth-order valence-corrected chi connectivity index (χ4v) is 11.3. The van der Waals surface area contributed by atoms with Crippen LogP contribution >= 0.6 is 23.5 Å². The molecule has 0 amide bonds. The first-order chi connectivity index (χ1) is 8.64. The predicted octanol–water partition coefficient (Wildman–Crippen LogP) is 6.06. The normalized spacial score (nSPS) is 27.1. The molecule has 1 fully saturated rings. The number of thioether (sulfide) groups is 2. The van der Waals surface area contributed by atoms with Gasteiger partial charge < -0.3 is 0 Å². The van der Waals surface area contributed by atoms with Crippen molar-refractivity contribution in [3.63, 3.8) is 0 Å². The Kier molecular flexibility index (Phi) is 5.77. The summed E-state index contributed by atoms with van der Waals surface area (Å²) < 4.78 is 2.69. The van der Waals surface area contributed by atoms with Gasteiger partial charge in [0.25, 0.3) is 0 Å². The van der Waals surface area contributed by atoms with E-state index in [4.69, 9.17) is 0 Å². The van der Waals surface area contributed by atoms with E-state index in [1.807, 2.05) is 4.53 Å². The van der Waals surface area contributed by atoms with Crippen molar-refractivity contribution in [3.05, 3.63) is 10.6 Å². The topological polar surface area (TPSA) is 0 Å². The predicted molar refractivity (Wildman–Crippen MR) is 91.1 cm³/mol. The van der Waals surface area contributed by atoms with Crippen molar-refractivity contribution >= 4 is 31.6 Å². The third kappa shape index (κ3) is 3.60. The van der Waals surface area contributed by atoms with Crippen LogP contribution in [0.25, 0.3) is 0 Å². The first-order valence-corrected chi connectivity index (χ1v) is 12.6. The van der Waals surface area contributed by atoms with Crippen LogP contribution in [0.5, 0.6) is 0 Å². The van der Waals surface area contributed by atoms with Gasteiger partial charge in [-0.05, 0) is 16.5 Å². The minimum Gasteiger partial charge on any atom is -0.143 e. The van der Waals surface area contributed by atoms with Gasteiger partial charge in [0.1, 0.15) is 0 Å². The van der Waals surface area contributed by atoms with Gasteiger partial charge in [0, 0.05) is 5.75 Å². The van der Waals surface area contributed by atoms with Crippen molar-refractivity contribution in [3.8, 4) is 0 Å². The number of hydrogen-bond acceptors (Lipinski definition) is 2. The van der Waals surface area contributed by atoms with Gasteiger partial charge in [0.15, 0.2) is 0 Å². The largest absolute Gasteiger partial charge is 0.143 e. The average molecular weight is 301 g/mol. The lowest BCUT2D eigenvalue weighted by molar-refractivity contribution is 0.494. The van der Waals surface area contributed by atoms with Crippen LogP contribution in [-0.4, -0.2) is 18.4 Å². The molecule has 1 atom stereocenters. The van der Waals surface area contributed by atoms with Crippen molar-refractivity contribution < 1.29 is 0 Å². The standard InChI is InChI=1S/C15H28S2Si/c1-4-8-14-16-12-11-15(17-14)18(2,3)13-9-6-5-7-10-13/h11,13-14H,4-10,12H2,1-3H3. The Morgan fingerprint density at radius 3 is 2.61 bits per heavy atom. The van der Waals surface area contributed by atoms with Gasteiger partial charge in [-0.25, -0.2) is 0 Å². The molecule has 0 aromatic rings. The van der Waals surface area contributed by atoms with Crippen molar-refractivity contribution in [1.29, 1.82) is 0 Å². The lowest BCUT2D eigenvalue weighted by atomic mass is 10.0. The van der Waals surface area contributed by atoms with E-state index in [0.29, 0.717) is 0 Å². The Morgan fingerprint density at radius 1 is 1.22 bits per heavy atom. The lowest BCUT2D eigenvalue weighted by Gasteiger charge is -2.39. The van der Waals surface area contributed by atoms with E-state index in [1.54, 1.807) is 0 Å². The summed E-state index contributed by atoms with van der Waals surface area (Å²) in [4.78, 5) is 0. The van der Waals surface area contributed by atoms with E-state index in [1.165, 1.54) is 50.7 Å². The molecule has 0 bridgehead atoms. The molecule has 1 saturated carbocycles. The van der Waals surface area contributed by atoms with Crippen molar-refractivity contribution in [2.24, 2.45) is 0 Å². The molecule has 0 aromatic carbocycles. The van der Waals surface area contributed by atoms with E-state index in [2.05, 4.69) is 49.6 Å². The van der Waals surface area contributed by atoms with Gasteiger partial charge >= 0.3 is 0 Å². The molecule has 18 heavy (non-hydrogen) atoms. The molecule has 1 aliphatic heterocycles. The van der Waals surface area contributed by atoms with Gasteiger partial charge in [0.2, 0.25) is 0 Å². The van der Waals surface area contributed by atoms with Gasteiger partial charge in [0.05, 0.1) is 12.7 Å². The molecule has 1 heterocycles. The highest BCUT2D eigenvalue weighted by molar-refractivity contribution is 8.20. The molecular weight excluding hydrogens is 272 g/mol. The van der Waals surface area contributed by atoms with E-state index < -0.39 is 8.07 Å². The second-order valence-corrected chi connectivity index (χ2v) is 14.2. The summed E-state index contributed by atoms with van der Waals surface area (Å²) in [5.41, 5.74) is 1.07. The molecule has 1 unspecified atom stereocenters. The maximum atomic E-state index is 2.64. The summed E-state index contributed by atoms with van der Waals surface area (Å²) in [5.74, 6) is 1.27. The van der Waals surface area contributed by atoms with Crippen molar-refractivity contribution in [1.82, 2.24) is 0 Å². The summed E-state index contributed by atoms with van der Waals surface area (Å²) in [5, 5.41) is 0. The SMILES string of the molecule is CCCC1SCC=C([Si](C)(C)C2CCCCC2)S1. The first kappa shape index (κ1) is 15.1. The Balaban J connectivity index is 2.01. The first-order valence-electron chi connectivity index (χ1n) is 7.63. The van der Waals surface area contributed by atoms with Crippen molar-refractivity contribution in [2.45, 2.75) is 75.1 Å². The van der Waals surface area contributed by atoms with Crippen LogP contribution in [-0.2, 0) is 0 Å². The summed E-state index contributed by atoms with van der Waals surface area (Å²) in [6, 6.07) is 0. The van der Waals surface area contributed by atoms with Crippen LogP contribution in [0.2, 0.25) is 18.6 Å². The Hall–Kier alpha value is 0.657. The summed E-state index contributed by atoms with van der Waals surface area (Å²) in [6.45, 7) is 7.60. The van der Waals surface area contributed by atoms with Gasteiger partial charge in [-0.15, -0.1) is 23.5 Å². The van der Waals surface area contributed by atoms with Gasteiger partial charge in [-0.2, -0.15) is 0 Å². The Bertz CT molecular complexity index is 293. The van der Waals surface area contributed by atoms with Crippen LogP contribution in [0.3, 0.4) is 0 Å². The van der Waals surface area contributed by atoms with Crippen LogP contribution in [0, 0.1) is 0 Å². The van der Waals surface area contributed by atoms with E-state index in [0.717, 1.165) is 10.1 Å². The third-order valence-corrected chi connectivity index (χ3v) is 13.2. The molecule has 1 aliphatic carbocycles. The molecule has 0 spiro atoms. The fourth-order valence-electron chi connectivity index (χ4n) is 3.27. The molecule has 2 rings (SSSR count). The van der Waals surface area contributed by atoms with Gasteiger partial charge in [-0.1, -0.05) is 64.6 Å². The Labute approximate surface area is 123 Å². The zero-order valence-electron chi connectivity index (χ0n) is 12.2. The van der Waals surface area contributed by atoms with Crippen LogP contribution in [0.1, 0.15) is 51.9 Å². The summed E-state index contributed by atoms with van der Waals surface area (Å²) in [7, 11) is -1.16. The molecule has 3 heteroatoms. The van der Waals surface area contributed by atoms with Crippen LogP contribution in [0.4, 0.5) is 0 Å². The maximum Gasteiger partial charge on any atom is 0.0915 e. The van der Waals surface area contributed by atoms with E-state index >= 15 is 0 Å². The van der Waals surface area contributed by atoms with E-state index in [9.17, 15) is 0 Å². The van der Waals surface area contributed by atoms with Crippen LogP contribution < -0.4 is 0 Å². The minimum absolute atomic E-state index is 0.852. The highest BCUT2D eigenvalue weighted by Crippen LogP contribution is 2.48. The fraction of sp³-hybridized carbons (Fsp3) is 0.867. The molecule has 0 radical (unpaired) electrons. The minimum atomic E-state index is -1.16. The van der Waals surface area contributed by atoms with Gasteiger partial charge in [-0.3, -0.25) is 0 Å². The quantitative estimate of drug-likeness (QED) is 0.579. The summed E-state index contributed by atoms with van der Waals surface area (Å²) >= 11 is 4.41. The molecule has 0 N–H and O–H groups in total. The zero-order valence-corrected chi connectivity index (χ0v) is 14.8. The second-order valence-electron chi connectivity index (χ2n) is 6.29. The molecule has 0 nitrogen and oxygen atoms in total. The molecule has 104 valence electrons. The molecule has 0 saturated heterocycles. The van der Waals surface area contributed by atoms with Crippen LogP contribution in [0.15, 0.2) is 10.6 Å². The molecule has 2 aliphatic rings. The highest BCUT2D eigenvalue weighted by atomic mass is 32.2. The number of hydrogen-bond donors (Lipinski definition) is 0. The maximum absolute atomic E-state index is 2.64. The molecule has 0 aromatic heterocycles. The number of rotatable bonds is 4.